The summed E-state index contributed by atoms with van der Waals surface area (Å²) in [5, 5.41) is 3.01. The molecule has 1 N–H and O–H groups in total. The lowest BCUT2D eigenvalue weighted by Gasteiger charge is -2.40. The van der Waals surface area contributed by atoms with Gasteiger partial charge >= 0.3 is 5.97 Å². The molecular weight excluding hydrogens is 318 g/mol. The lowest BCUT2D eigenvalue weighted by Crippen LogP contribution is -2.60. The number of hydrogen-bond acceptors (Lipinski definition) is 4. The number of ether oxygens (including phenoxy) is 2. The maximum absolute atomic E-state index is 12.8. The summed E-state index contributed by atoms with van der Waals surface area (Å²) in [6.07, 6.45) is 3.69. The monoisotopic (exact) mass is 347 g/mol. The van der Waals surface area contributed by atoms with Crippen molar-refractivity contribution in [1.29, 1.82) is 0 Å². The van der Waals surface area contributed by atoms with Crippen molar-refractivity contribution < 1.29 is 19.1 Å². The number of benzene rings is 1. The lowest BCUT2D eigenvalue weighted by atomic mass is 9.73. The van der Waals surface area contributed by atoms with E-state index in [0.717, 1.165) is 36.0 Å². The van der Waals surface area contributed by atoms with Gasteiger partial charge in [-0.1, -0.05) is 25.8 Å². The molecule has 1 fully saturated rings. The highest BCUT2D eigenvalue weighted by Crippen LogP contribution is 2.35. The number of aryl methyl sites for hydroxylation is 2. The molecule has 0 heterocycles. The molecular formula is C20H29NO4. The lowest BCUT2D eigenvalue weighted by molar-refractivity contribution is -0.155. The van der Waals surface area contributed by atoms with Gasteiger partial charge in [-0.25, -0.2) is 4.79 Å². The Hall–Kier alpha value is -2.04. The van der Waals surface area contributed by atoms with Gasteiger partial charge in [-0.3, -0.25) is 4.79 Å². The fourth-order valence-corrected chi connectivity index (χ4v) is 3.89. The number of carbonyl (C=O) groups excluding carboxylic acids is 2. The molecule has 0 aromatic heterocycles. The van der Waals surface area contributed by atoms with Gasteiger partial charge < -0.3 is 14.8 Å². The Morgan fingerprint density at radius 1 is 1.24 bits per heavy atom. The zero-order valence-electron chi connectivity index (χ0n) is 15.9. The number of carbonyl (C=O) groups is 2. The van der Waals surface area contributed by atoms with Crippen LogP contribution in [0.3, 0.4) is 0 Å². The molecule has 0 bridgehead atoms. The molecule has 0 saturated heterocycles. The highest BCUT2D eigenvalue weighted by molar-refractivity contribution is 5.89. The zero-order chi connectivity index (χ0) is 18.6. The normalized spacial score (nSPS) is 23.0. The van der Waals surface area contributed by atoms with Crippen molar-refractivity contribution in [2.45, 2.75) is 58.4 Å². The number of hydrogen-bond donors (Lipinski definition) is 1. The van der Waals surface area contributed by atoms with Gasteiger partial charge in [0.05, 0.1) is 20.6 Å². The second-order valence-electron chi connectivity index (χ2n) is 7.10. The molecule has 1 aliphatic rings. The fourth-order valence-electron chi connectivity index (χ4n) is 3.89. The highest BCUT2D eigenvalue weighted by Gasteiger charge is 2.47. The van der Waals surface area contributed by atoms with Crippen molar-refractivity contribution in [2.24, 2.45) is 5.92 Å². The van der Waals surface area contributed by atoms with Gasteiger partial charge in [0.2, 0.25) is 5.91 Å². The van der Waals surface area contributed by atoms with Crippen molar-refractivity contribution in [3.8, 4) is 5.75 Å². The minimum atomic E-state index is -0.921. The summed E-state index contributed by atoms with van der Waals surface area (Å²) in [5.74, 6) is 0.236. The molecule has 0 radical (unpaired) electrons. The zero-order valence-corrected chi connectivity index (χ0v) is 15.9. The summed E-state index contributed by atoms with van der Waals surface area (Å²) in [4.78, 5) is 25.2. The van der Waals surface area contributed by atoms with E-state index >= 15 is 0 Å². The van der Waals surface area contributed by atoms with Crippen molar-refractivity contribution in [2.75, 3.05) is 14.2 Å². The Balaban J connectivity index is 2.24. The summed E-state index contributed by atoms with van der Waals surface area (Å²) in [7, 11) is 2.99. The Morgan fingerprint density at radius 2 is 1.96 bits per heavy atom. The predicted molar refractivity (Wildman–Crippen MR) is 96.7 cm³/mol. The van der Waals surface area contributed by atoms with Crippen LogP contribution < -0.4 is 10.1 Å². The van der Waals surface area contributed by atoms with Gasteiger partial charge in [-0.05, 0) is 49.8 Å². The van der Waals surface area contributed by atoms with Gasteiger partial charge in [0.15, 0.2) is 0 Å². The molecule has 138 valence electrons. The van der Waals surface area contributed by atoms with Crippen LogP contribution in [0.25, 0.3) is 0 Å². The minimum absolute atomic E-state index is 0.0543. The van der Waals surface area contributed by atoms with Crippen LogP contribution in [0.1, 0.15) is 49.3 Å². The van der Waals surface area contributed by atoms with E-state index in [1.165, 1.54) is 7.11 Å². The second kappa shape index (κ2) is 7.89. The molecule has 1 aliphatic carbocycles. The first-order chi connectivity index (χ1) is 11.8. The van der Waals surface area contributed by atoms with Gasteiger partial charge in [-0.15, -0.1) is 0 Å². The van der Waals surface area contributed by atoms with E-state index in [1.807, 2.05) is 32.9 Å². The molecule has 2 rings (SSSR count). The predicted octanol–water partition coefficient (Wildman–Crippen LogP) is 3.09. The first kappa shape index (κ1) is 19.3. The molecule has 1 saturated carbocycles. The second-order valence-corrected chi connectivity index (χ2v) is 7.10. The van der Waals surface area contributed by atoms with Crippen molar-refractivity contribution in [3.63, 3.8) is 0 Å². The SMILES string of the molecule is COC(=O)C1(NC(=O)Cc2c(C)cc(C)cc2OC)CCCCC1C. The number of methoxy groups -OCH3 is 2. The van der Waals surface area contributed by atoms with Crippen LogP contribution >= 0.6 is 0 Å². The van der Waals surface area contributed by atoms with Crippen molar-refractivity contribution in [1.82, 2.24) is 5.32 Å². The summed E-state index contributed by atoms with van der Waals surface area (Å²) in [5.41, 5.74) is 2.03. The standard InChI is InChI=1S/C20H29NO4/c1-13-10-14(2)16(17(11-13)24-4)12-18(22)21-20(19(23)25-5)9-7-6-8-15(20)3/h10-11,15H,6-9,12H2,1-5H3,(H,21,22). The average molecular weight is 347 g/mol. The van der Waals surface area contributed by atoms with E-state index in [4.69, 9.17) is 9.47 Å². The maximum Gasteiger partial charge on any atom is 0.331 e. The van der Waals surface area contributed by atoms with Crippen molar-refractivity contribution in [3.05, 3.63) is 28.8 Å². The Labute approximate surface area is 150 Å². The van der Waals surface area contributed by atoms with Crippen LogP contribution in [-0.4, -0.2) is 31.6 Å². The summed E-state index contributed by atoms with van der Waals surface area (Å²) in [6.45, 7) is 5.97. The van der Waals surface area contributed by atoms with Gasteiger partial charge in [-0.2, -0.15) is 0 Å². The third-order valence-corrected chi connectivity index (χ3v) is 5.35. The third-order valence-electron chi connectivity index (χ3n) is 5.35. The smallest absolute Gasteiger partial charge is 0.331 e. The third kappa shape index (κ3) is 3.97. The van der Waals surface area contributed by atoms with Crippen LogP contribution in [0.4, 0.5) is 0 Å². The molecule has 2 unspecified atom stereocenters. The van der Waals surface area contributed by atoms with Crippen LogP contribution in [0, 0.1) is 19.8 Å². The van der Waals surface area contributed by atoms with Crippen LogP contribution in [0.15, 0.2) is 12.1 Å². The highest BCUT2D eigenvalue weighted by atomic mass is 16.5. The first-order valence-corrected chi connectivity index (χ1v) is 8.87. The van der Waals surface area contributed by atoms with E-state index in [1.54, 1.807) is 7.11 Å². The molecule has 1 amide bonds. The Bertz CT molecular complexity index is 655. The average Bonchev–Trinajstić information content (AvgIpc) is 2.58. The maximum atomic E-state index is 12.8. The summed E-state index contributed by atoms with van der Waals surface area (Å²) in [6, 6.07) is 3.96. The van der Waals surface area contributed by atoms with Gasteiger partial charge in [0, 0.05) is 5.56 Å². The van der Waals surface area contributed by atoms with Gasteiger partial charge in [0.1, 0.15) is 11.3 Å². The molecule has 5 heteroatoms. The molecule has 0 spiro atoms. The van der Waals surface area contributed by atoms with Crippen LogP contribution in [0.2, 0.25) is 0 Å². The number of amides is 1. The van der Waals surface area contributed by atoms with E-state index in [9.17, 15) is 9.59 Å². The van der Waals surface area contributed by atoms with Crippen molar-refractivity contribution >= 4 is 11.9 Å². The Morgan fingerprint density at radius 3 is 2.56 bits per heavy atom. The van der Waals surface area contributed by atoms with E-state index in [2.05, 4.69) is 5.32 Å². The molecule has 5 nitrogen and oxygen atoms in total. The van der Waals surface area contributed by atoms with Crippen LogP contribution in [0.5, 0.6) is 5.75 Å². The minimum Gasteiger partial charge on any atom is -0.496 e. The van der Waals surface area contributed by atoms with E-state index in [0.29, 0.717) is 12.2 Å². The molecule has 1 aromatic rings. The largest absolute Gasteiger partial charge is 0.496 e. The van der Waals surface area contributed by atoms with E-state index in [-0.39, 0.29) is 24.2 Å². The van der Waals surface area contributed by atoms with E-state index < -0.39 is 5.54 Å². The molecule has 2 atom stereocenters. The number of rotatable bonds is 5. The number of nitrogens with one attached hydrogen (secondary N) is 1. The molecule has 25 heavy (non-hydrogen) atoms. The Kier molecular flexibility index (Phi) is 6.09. The summed E-state index contributed by atoms with van der Waals surface area (Å²) < 4.78 is 10.5. The quantitative estimate of drug-likeness (QED) is 0.831. The fraction of sp³-hybridized carbons (Fsp3) is 0.600. The topological polar surface area (TPSA) is 64.6 Å². The molecule has 1 aromatic carbocycles. The van der Waals surface area contributed by atoms with Crippen LogP contribution in [-0.2, 0) is 20.7 Å². The first-order valence-electron chi connectivity index (χ1n) is 8.87. The summed E-state index contributed by atoms with van der Waals surface area (Å²) >= 11 is 0. The van der Waals surface area contributed by atoms with Gasteiger partial charge in [0.25, 0.3) is 0 Å². The molecule has 0 aliphatic heterocycles. The number of esters is 1.